The largest absolute Gasteiger partial charge is 0.393 e. The molecule has 0 bridgehead atoms. The van der Waals surface area contributed by atoms with Gasteiger partial charge in [-0.15, -0.1) is 0 Å². The van der Waals surface area contributed by atoms with E-state index in [-0.39, 0.29) is 12.0 Å². The number of hydrogen-bond acceptors (Lipinski definition) is 4. The predicted molar refractivity (Wildman–Crippen MR) is 78.3 cm³/mol. The van der Waals surface area contributed by atoms with Crippen molar-refractivity contribution in [2.45, 2.75) is 36.3 Å². The van der Waals surface area contributed by atoms with E-state index in [0.717, 1.165) is 12.8 Å². The SMILES string of the molecule is O=S(=O)(c1ccccc1)N1CCCC1C1COCCC1O. The van der Waals surface area contributed by atoms with Gasteiger partial charge < -0.3 is 9.84 Å². The molecule has 2 saturated heterocycles. The summed E-state index contributed by atoms with van der Waals surface area (Å²) in [6.45, 7) is 1.51. The van der Waals surface area contributed by atoms with Gasteiger partial charge in [0.2, 0.25) is 10.0 Å². The highest BCUT2D eigenvalue weighted by atomic mass is 32.2. The van der Waals surface area contributed by atoms with Crippen LogP contribution in [0.5, 0.6) is 0 Å². The Morgan fingerprint density at radius 3 is 2.67 bits per heavy atom. The highest BCUT2D eigenvalue weighted by molar-refractivity contribution is 7.89. The van der Waals surface area contributed by atoms with E-state index in [2.05, 4.69) is 0 Å². The van der Waals surface area contributed by atoms with Crippen LogP contribution >= 0.6 is 0 Å². The third kappa shape index (κ3) is 2.85. The smallest absolute Gasteiger partial charge is 0.243 e. The second-order valence-corrected chi connectivity index (χ2v) is 7.62. The van der Waals surface area contributed by atoms with Crippen LogP contribution < -0.4 is 0 Å². The van der Waals surface area contributed by atoms with Crippen LogP contribution in [0.1, 0.15) is 19.3 Å². The number of aliphatic hydroxyl groups is 1. The minimum atomic E-state index is -3.49. The molecule has 0 amide bonds. The molecule has 1 aromatic rings. The summed E-state index contributed by atoms with van der Waals surface area (Å²) in [4.78, 5) is 0.322. The van der Waals surface area contributed by atoms with Gasteiger partial charge in [-0.3, -0.25) is 0 Å². The van der Waals surface area contributed by atoms with Gasteiger partial charge in [0.1, 0.15) is 0 Å². The summed E-state index contributed by atoms with van der Waals surface area (Å²) >= 11 is 0. The Morgan fingerprint density at radius 1 is 1.19 bits per heavy atom. The minimum absolute atomic E-state index is 0.125. The van der Waals surface area contributed by atoms with Gasteiger partial charge in [0, 0.05) is 25.1 Å². The van der Waals surface area contributed by atoms with Crippen molar-refractivity contribution >= 4 is 10.0 Å². The summed E-state index contributed by atoms with van der Waals surface area (Å²) in [5.74, 6) is -0.125. The van der Waals surface area contributed by atoms with E-state index < -0.39 is 16.1 Å². The fourth-order valence-corrected chi connectivity index (χ4v) is 5.10. The lowest BCUT2D eigenvalue weighted by atomic mass is 9.90. The molecule has 2 heterocycles. The normalized spacial score (nSPS) is 31.4. The first-order valence-electron chi connectivity index (χ1n) is 7.43. The molecule has 2 aliphatic heterocycles. The van der Waals surface area contributed by atoms with Crippen molar-refractivity contribution in [3.05, 3.63) is 30.3 Å². The fourth-order valence-electron chi connectivity index (χ4n) is 3.34. The van der Waals surface area contributed by atoms with Gasteiger partial charge in [0.25, 0.3) is 0 Å². The van der Waals surface area contributed by atoms with Gasteiger partial charge in [-0.05, 0) is 31.4 Å². The highest BCUT2D eigenvalue weighted by Gasteiger charge is 2.42. The number of aliphatic hydroxyl groups excluding tert-OH is 1. The monoisotopic (exact) mass is 311 g/mol. The number of nitrogens with zero attached hydrogens (tertiary/aromatic N) is 1. The molecular formula is C15H21NO4S. The lowest BCUT2D eigenvalue weighted by Gasteiger charge is -2.36. The van der Waals surface area contributed by atoms with E-state index in [1.807, 2.05) is 0 Å². The van der Waals surface area contributed by atoms with Crippen LogP contribution in [-0.4, -0.2) is 49.7 Å². The molecule has 2 aliphatic rings. The second kappa shape index (κ2) is 6.04. The average Bonchev–Trinajstić information content (AvgIpc) is 2.99. The molecule has 0 aliphatic carbocycles. The molecule has 1 N–H and O–H groups in total. The van der Waals surface area contributed by atoms with Crippen molar-refractivity contribution in [1.82, 2.24) is 4.31 Å². The van der Waals surface area contributed by atoms with Gasteiger partial charge >= 0.3 is 0 Å². The molecule has 0 saturated carbocycles. The molecule has 3 unspecified atom stereocenters. The number of sulfonamides is 1. The molecule has 5 nitrogen and oxygen atoms in total. The summed E-state index contributed by atoms with van der Waals surface area (Å²) in [5.41, 5.74) is 0. The minimum Gasteiger partial charge on any atom is -0.393 e. The maximum atomic E-state index is 12.8. The molecule has 0 radical (unpaired) electrons. The quantitative estimate of drug-likeness (QED) is 0.912. The van der Waals surface area contributed by atoms with Crippen LogP contribution in [0.4, 0.5) is 0 Å². The first-order valence-corrected chi connectivity index (χ1v) is 8.87. The molecule has 21 heavy (non-hydrogen) atoms. The molecular weight excluding hydrogens is 290 g/mol. The molecule has 2 fully saturated rings. The zero-order chi connectivity index (χ0) is 14.9. The van der Waals surface area contributed by atoms with E-state index in [1.54, 1.807) is 34.6 Å². The Kier molecular flexibility index (Phi) is 4.31. The Hall–Kier alpha value is -0.950. The van der Waals surface area contributed by atoms with Crippen molar-refractivity contribution in [3.8, 4) is 0 Å². The summed E-state index contributed by atoms with van der Waals surface area (Å²) in [5, 5.41) is 10.2. The third-order valence-electron chi connectivity index (χ3n) is 4.45. The van der Waals surface area contributed by atoms with Crippen LogP contribution in [-0.2, 0) is 14.8 Å². The van der Waals surface area contributed by atoms with Crippen molar-refractivity contribution in [2.24, 2.45) is 5.92 Å². The molecule has 3 atom stereocenters. The highest BCUT2D eigenvalue weighted by Crippen LogP contribution is 2.33. The van der Waals surface area contributed by atoms with E-state index in [4.69, 9.17) is 4.74 Å². The zero-order valence-corrected chi connectivity index (χ0v) is 12.7. The standard InChI is InChI=1S/C15H21NO4S/c17-15-8-10-20-11-13(15)14-7-4-9-16(14)21(18,19)12-5-2-1-3-6-12/h1-3,5-6,13-15,17H,4,7-11H2. The molecule has 3 rings (SSSR count). The van der Waals surface area contributed by atoms with Crippen molar-refractivity contribution in [3.63, 3.8) is 0 Å². The average molecular weight is 311 g/mol. The maximum absolute atomic E-state index is 12.8. The summed E-state index contributed by atoms with van der Waals surface area (Å²) < 4.78 is 32.6. The van der Waals surface area contributed by atoms with E-state index in [1.165, 1.54) is 0 Å². The number of ether oxygens (including phenoxy) is 1. The number of rotatable bonds is 3. The van der Waals surface area contributed by atoms with Gasteiger partial charge in [-0.25, -0.2) is 8.42 Å². The van der Waals surface area contributed by atoms with E-state index in [9.17, 15) is 13.5 Å². The molecule has 116 valence electrons. The second-order valence-electron chi connectivity index (χ2n) is 5.73. The Bertz CT molecular complexity index is 575. The predicted octanol–water partition coefficient (Wildman–Crippen LogP) is 1.24. The van der Waals surface area contributed by atoms with Crippen LogP contribution in [0.15, 0.2) is 35.2 Å². The Labute approximate surface area is 125 Å². The number of hydrogen-bond donors (Lipinski definition) is 1. The van der Waals surface area contributed by atoms with Crippen LogP contribution in [0.25, 0.3) is 0 Å². The summed E-state index contributed by atoms with van der Waals surface area (Å²) in [6, 6.07) is 8.36. The van der Waals surface area contributed by atoms with Crippen LogP contribution in [0, 0.1) is 5.92 Å². The van der Waals surface area contributed by atoms with Gasteiger partial charge in [0.15, 0.2) is 0 Å². The lowest BCUT2D eigenvalue weighted by Crippen LogP contribution is -2.48. The molecule has 0 spiro atoms. The van der Waals surface area contributed by atoms with E-state index in [0.29, 0.717) is 31.1 Å². The topological polar surface area (TPSA) is 66.8 Å². The van der Waals surface area contributed by atoms with Gasteiger partial charge in [-0.2, -0.15) is 4.31 Å². The first-order chi connectivity index (χ1) is 10.1. The summed E-state index contributed by atoms with van der Waals surface area (Å²) in [7, 11) is -3.49. The first kappa shape index (κ1) is 15.0. The zero-order valence-electron chi connectivity index (χ0n) is 11.9. The van der Waals surface area contributed by atoms with Crippen LogP contribution in [0.2, 0.25) is 0 Å². The molecule has 1 aromatic carbocycles. The van der Waals surface area contributed by atoms with Gasteiger partial charge in [-0.1, -0.05) is 18.2 Å². The van der Waals surface area contributed by atoms with Crippen molar-refractivity contribution in [1.29, 1.82) is 0 Å². The fraction of sp³-hybridized carbons (Fsp3) is 0.600. The van der Waals surface area contributed by atoms with Gasteiger partial charge in [0.05, 0.1) is 17.6 Å². The third-order valence-corrected chi connectivity index (χ3v) is 6.39. The molecule has 6 heteroatoms. The number of benzene rings is 1. The van der Waals surface area contributed by atoms with Crippen molar-refractivity contribution < 1.29 is 18.3 Å². The van der Waals surface area contributed by atoms with E-state index >= 15 is 0 Å². The summed E-state index contributed by atoms with van der Waals surface area (Å²) in [6.07, 6.45) is 1.73. The van der Waals surface area contributed by atoms with Crippen LogP contribution in [0.3, 0.4) is 0 Å². The Morgan fingerprint density at radius 2 is 1.95 bits per heavy atom. The Balaban J connectivity index is 1.87. The molecule has 0 aromatic heterocycles. The van der Waals surface area contributed by atoms with Crippen molar-refractivity contribution in [2.75, 3.05) is 19.8 Å². The lowest BCUT2D eigenvalue weighted by molar-refractivity contribution is -0.0543. The maximum Gasteiger partial charge on any atom is 0.243 e.